The highest BCUT2D eigenvalue weighted by atomic mass is 19.4. The maximum absolute atomic E-state index is 12.1. The van der Waals surface area contributed by atoms with Crippen molar-refractivity contribution in [3.05, 3.63) is 41.5 Å². The number of hydrogen-bond donors (Lipinski definition) is 1. The van der Waals surface area contributed by atoms with E-state index in [1.54, 1.807) is 0 Å². The van der Waals surface area contributed by atoms with Gasteiger partial charge in [-0.05, 0) is 30.5 Å². The summed E-state index contributed by atoms with van der Waals surface area (Å²) in [6.45, 7) is 0. The van der Waals surface area contributed by atoms with E-state index in [2.05, 4.69) is 14.9 Å². The van der Waals surface area contributed by atoms with Gasteiger partial charge in [0.1, 0.15) is 5.75 Å². The molecule has 0 unspecified atom stereocenters. The summed E-state index contributed by atoms with van der Waals surface area (Å²) in [5.41, 5.74) is 6.48. The van der Waals surface area contributed by atoms with Crippen molar-refractivity contribution < 1.29 is 22.4 Å². The first-order valence-corrected chi connectivity index (χ1v) is 7.31. The summed E-state index contributed by atoms with van der Waals surface area (Å²) in [6.07, 6.45) is -0.623. The van der Waals surface area contributed by atoms with Gasteiger partial charge in [-0.3, -0.25) is 0 Å². The Bertz CT molecular complexity index is 661. The minimum Gasteiger partial charge on any atom is -0.406 e. The summed E-state index contributed by atoms with van der Waals surface area (Å²) < 4.78 is 45.4. The Morgan fingerprint density at radius 1 is 1.17 bits per heavy atom. The number of ether oxygens (including phenoxy) is 1. The second kappa shape index (κ2) is 5.84. The van der Waals surface area contributed by atoms with Gasteiger partial charge in [-0.2, -0.15) is 4.98 Å². The number of hydrogen-bond acceptors (Lipinski definition) is 5. The summed E-state index contributed by atoms with van der Waals surface area (Å²) in [6, 6.07) is 5.56. The second-order valence-corrected chi connectivity index (χ2v) is 5.74. The van der Waals surface area contributed by atoms with E-state index in [1.807, 2.05) is 0 Å². The van der Waals surface area contributed by atoms with Gasteiger partial charge in [0.15, 0.2) is 5.82 Å². The fourth-order valence-corrected chi connectivity index (χ4v) is 2.74. The van der Waals surface area contributed by atoms with Crippen LogP contribution in [0.2, 0.25) is 0 Å². The van der Waals surface area contributed by atoms with Gasteiger partial charge < -0.3 is 15.0 Å². The van der Waals surface area contributed by atoms with Crippen LogP contribution in [0.5, 0.6) is 5.75 Å². The number of aromatic nitrogens is 2. The molecule has 2 aromatic rings. The van der Waals surface area contributed by atoms with Crippen LogP contribution in [0.4, 0.5) is 13.2 Å². The smallest absolute Gasteiger partial charge is 0.406 e. The van der Waals surface area contributed by atoms with Crippen molar-refractivity contribution in [2.45, 2.75) is 44.0 Å². The van der Waals surface area contributed by atoms with Crippen LogP contribution in [0.15, 0.2) is 28.8 Å². The first-order valence-electron chi connectivity index (χ1n) is 7.31. The van der Waals surface area contributed by atoms with Crippen molar-refractivity contribution in [3.63, 3.8) is 0 Å². The van der Waals surface area contributed by atoms with E-state index >= 15 is 0 Å². The van der Waals surface area contributed by atoms with E-state index in [0.29, 0.717) is 18.1 Å². The van der Waals surface area contributed by atoms with Crippen LogP contribution < -0.4 is 10.5 Å². The van der Waals surface area contributed by atoms with Crippen LogP contribution in [0.25, 0.3) is 0 Å². The normalized spacial score (nSPS) is 17.4. The fraction of sp³-hybridized carbons (Fsp3) is 0.467. The van der Waals surface area contributed by atoms with Gasteiger partial charge in [0.2, 0.25) is 5.89 Å². The third-order valence-corrected chi connectivity index (χ3v) is 3.92. The van der Waals surface area contributed by atoms with Crippen LogP contribution >= 0.6 is 0 Å². The topological polar surface area (TPSA) is 74.2 Å². The Kier molecular flexibility index (Phi) is 4.01. The monoisotopic (exact) mass is 327 g/mol. The Morgan fingerprint density at radius 2 is 1.83 bits per heavy atom. The van der Waals surface area contributed by atoms with Crippen molar-refractivity contribution in [3.8, 4) is 5.75 Å². The quantitative estimate of drug-likeness (QED) is 0.933. The van der Waals surface area contributed by atoms with Crippen molar-refractivity contribution >= 4 is 0 Å². The minimum atomic E-state index is -4.69. The SMILES string of the molecule is NC1(c2noc(Cc3ccc(OC(F)(F)F)cc3)n2)CCCC1. The number of halogens is 3. The van der Waals surface area contributed by atoms with Gasteiger partial charge in [-0.25, -0.2) is 0 Å². The van der Waals surface area contributed by atoms with Gasteiger partial charge in [0, 0.05) is 0 Å². The van der Waals surface area contributed by atoms with Gasteiger partial charge in [0.25, 0.3) is 0 Å². The standard InChI is InChI=1S/C15H16F3N3O2/c16-15(17,18)22-11-5-3-10(4-6-11)9-12-20-13(21-23-12)14(19)7-1-2-8-14/h3-6H,1-2,7-9,19H2. The Balaban J connectivity index is 1.67. The first kappa shape index (κ1) is 15.8. The van der Waals surface area contributed by atoms with Gasteiger partial charge in [-0.15, -0.1) is 13.2 Å². The number of benzene rings is 1. The molecule has 0 radical (unpaired) electrons. The predicted octanol–water partition coefficient (Wildman–Crippen LogP) is 3.29. The van der Waals surface area contributed by atoms with E-state index in [0.717, 1.165) is 31.2 Å². The number of alkyl halides is 3. The molecule has 1 fully saturated rings. The van der Waals surface area contributed by atoms with Crippen molar-refractivity contribution in [1.82, 2.24) is 10.1 Å². The molecule has 0 atom stereocenters. The lowest BCUT2D eigenvalue weighted by atomic mass is 9.99. The molecule has 0 spiro atoms. The van der Waals surface area contributed by atoms with Crippen LogP contribution in [0.1, 0.15) is 43.0 Å². The molecule has 5 nitrogen and oxygen atoms in total. The molecule has 1 heterocycles. The summed E-state index contributed by atoms with van der Waals surface area (Å²) >= 11 is 0. The van der Waals surface area contributed by atoms with Crippen LogP contribution in [-0.2, 0) is 12.0 Å². The van der Waals surface area contributed by atoms with Crippen molar-refractivity contribution in [2.24, 2.45) is 5.73 Å². The molecular formula is C15H16F3N3O2. The molecule has 1 saturated carbocycles. The first-order chi connectivity index (χ1) is 10.8. The highest BCUT2D eigenvalue weighted by Gasteiger charge is 2.36. The Morgan fingerprint density at radius 3 is 2.43 bits per heavy atom. The third-order valence-electron chi connectivity index (χ3n) is 3.92. The number of nitrogens with zero attached hydrogens (tertiary/aromatic N) is 2. The van der Waals surface area contributed by atoms with E-state index < -0.39 is 11.9 Å². The molecule has 0 saturated heterocycles. The Hall–Kier alpha value is -2.09. The van der Waals surface area contributed by atoms with E-state index in [-0.39, 0.29) is 5.75 Å². The molecule has 1 aromatic carbocycles. The zero-order valence-corrected chi connectivity index (χ0v) is 12.3. The summed E-state index contributed by atoms with van der Waals surface area (Å²) in [7, 11) is 0. The maximum atomic E-state index is 12.1. The average Bonchev–Trinajstić information content (AvgIpc) is 3.10. The number of nitrogens with two attached hydrogens (primary N) is 1. The third kappa shape index (κ3) is 3.82. The molecular weight excluding hydrogens is 311 g/mol. The molecule has 1 aliphatic carbocycles. The molecule has 2 N–H and O–H groups in total. The zero-order valence-electron chi connectivity index (χ0n) is 12.3. The maximum Gasteiger partial charge on any atom is 0.573 e. The zero-order chi connectivity index (χ0) is 16.5. The molecule has 1 aliphatic rings. The van der Waals surface area contributed by atoms with Crippen LogP contribution in [0.3, 0.4) is 0 Å². The average molecular weight is 327 g/mol. The van der Waals surface area contributed by atoms with Gasteiger partial charge >= 0.3 is 6.36 Å². The largest absolute Gasteiger partial charge is 0.573 e. The summed E-state index contributed by atoms with van der Waals surface area (Å²) in [5.74, 6) is 0.627. The van der Waals surface area contributed by atoms with Crippen LogP contribution in [-0.4, -0.2) is 16.5 Å². The lowest BCUT2D eigenvalue weighted by Crippen LogP contribution is -2.34. The lowest BCUT2D eigenvalue weighted by molar-refractivity contribution is -0.274. The Labute approximate surface area is 130 Å². The van der Waals surface area contributed by atoms with E-state index in [4.69, 9.17) is 10.3 Å². The molecule has 3 rings (SSSR count). The summed E-state index contributed by atoms with van der Waals surface area (Å²) in [5, 5.41) is 3.95. The van der Waals surface area contributed by atoms with Gasteiger partial charge in [0.05, 0.1) is 12.0 Å². The molecule has 0 amide bonds. The molecule has 8 heteroatoms. The van der Waals surface area contributed by atoms with Gasteiger partial charge in [-0.1, -0.05) is 30.1 Å². The molecule has 23 heavy (non-hydrogen) atoms. The van der Waals surface area contributed by atoms with E-state index in [1.165, 1.54) is 24.3 Å². The minimum absolute atomic E-state index is 0.265. The van der Waals surface area contributed by atoms with Crippen LogP contribution in [0, 0.1) is 0 Å². The molecule has 1 aromatic heterocycles. The second-order valence-electron chi connectivity index (χ2n) is 5.74. The molecule has 124 valence electrons. The highest BCUT2D eigenvalue weighted by Crippen LogP contribution is 2.34. The molecule has 0 bridgehead atoms. The lowest BCUT2D eigenvalue weighted by Gasteiger charge is -2.17. The van der Waals surface area contributed by atoms with Crippen molar-refractivity contribution in [2.75, 3.05) is 0 Å². The van der Waals surface area contributed by atoms with E-state index in [9.17, 15) is 13.2 Å². The predicted molar refractivity (Wildman–Crippen MR) is 74.6 cm³/mol. The fourth-order valence-electron chi connectivity index (χ4n) is 2.74. The van der Waals surface area contributed by atoms with Crippen molar-refractivity contribution in [1.29, 1.82) is 0 Å². The number of rotatable bonds is 4. The summed E-state index contributed by atoms with van der Waals surface area (Å²) in [4.78, 5) is 4.33. The molecule has 0 aliphatic heterocycles. The highest BCUT2D eigenvalue weighted by molar-refractivity contribution is 5.28.